The minimum absolute atomic E-state index is 0.226. The largest absolute Gasteiger partial charge is 0.350 e. The summed E-state index contributed by atoms with van der Waals surface area (Å²) in [6.07, 6.45) is 2.19. The molecule has 0 aromatic carbocycles. The second-order valence-electron chi connectivity index (χ2n) is 4.39. The molecule has 1 aliphatic heterocycles. The molecule has 0 saturated heterocycles. The molecule has 21 heavy (non-hydrogen) atoms. The summed E-state index contributed by atoms with van der Waals surface area (Å²) < 4.78 is 0. The van der Waals surface area contributed by atoms with E-state index in [2.05, 4.69) is 25.8 Å². The standard InChI is InChI=1S/C13H11Cl2N5O/c14-10-9-7(19-20-8-3-1-2-5-16-8)4-6-17-13(21)11(9)18-12(10)15/h1-3,5,18H,4,6H2,(H,16,20)(H,17,21)/b19-7+. The molecule has 1 aliphatic rings. The van der Waals surface area contributed by atoms with Crippen LogP contribution in [-0.2, 0) is 0 Å². The lowest BCUT2D eigenvalue weighted by Gasteiger charge is -2.04. The molecule has 2 aromatic heterocycles. The number of carbonyl (C=O) groups excluding carboxylic acids is 1. The van der Waals surface area contributed by atoms with E-state index in [9.17, 15) is 4.79 Å². The maximum atomic E-state index is 11.9. The summed E-state index contributed by atoms with van der Waals surface area (Å²) in [7, 11) is 0. The van der Waals surface area contributed by atoms with Crippen LogP contribution in [0.15, 0.2) is 29.5 Å². The molecule has 0 unspecified atom stereocenters. The van der Waals surface area contributed by atoms with Gasteiger partial charge in [-0.15, -0.1) is 0 Å². The molecule has 2 aromatic rings. The van der Waals surface area contributed by atoms with E-state index < -0.39 is 0 Å². The smallest absolute Gasteiger partial charge is 0.268 e. The summed E-state index contributed by atoms with van der Waals surface area (Å²) >= 11 is 12.1. The summed E-state index contributed by atoms with van der Waals surface area (Å²) in [4.78, 5) is 18.8. The number of anilines is 1. The number of hydrogen-bond donors (Lipinski definition) is 3. The predicted octanol–water partition coefficient (Wildman–Crippen LogP) is 2.67. The van der Waals surface area contributed by atoms with E-state index in [0.29, 0.717) is 40.8 Å². The molecule has 8 heteroatoms. The lowest BCUT2D eigenvalue weighted by Crippen LogP contribution is -2.23. The lowest BCUT2D eigenvalue weighted by atomic mass is 10.1. The number of carbonyl (C=O) groups is 1. The maximum absolute atomic E-state index is 11.9. The van der Waals surface area contributed by atoms with E-state index in [0.717, 1.165) is 0 Å². The predicted molar refractivity (Wildman–Crippen MR) is 82.2 cm³/mol. The number of fused-ring (bicyclic) bond motifs is 1. The van der Waals surface area contributed by atoms with Crippen LogP contribution < -0.4 is 10.7 Å². The average Bonchev–Trinajstić information content (AvgIpc) is 2.70. The van der Waals surface area contributed by atoms with Crippen LogP contribution in [0.5, 0.6) is 0 Å². The zero-order chi connectivity index (χ0) is 14.8. The van der Waals surface area contributed by atoms with Gasteiger partial charge in [-0.2, -0.15) is 5.10 Å². The summed E-state index contributed by atoms with van der Waals surface area (Å²) in [5, 5.41) is 7.59. The zero-order valence-electron chi connectivity index (χ0n) is 10.8. The number of halogens is 2. The van der Waals surface area contributed by atoms with Gasteiger partial charge in [0.15, 0.2) is 0 Å². The molecule has 0 bridgehead atoms. The SMILES string of the molecule is O=C1NCC/C(=N\Nc2ccccn2)c2c1[nH]c(Cl)c2Cl. The number of amides is 1. The molecule has 0 aliphatic carbocycles. The van der Waals surface area contributed by atoms with Gasteiger partial charge in [-0.25, -0.2) is 4.98 Å². The molecule has 6 nitrogen and oxygen atoms in total. The van der Waals surface area contributed by atoms with Crippen LogP contribution in [0.4, 0.5) is 5.82 Å². The molecular weight excluding hydrogens is 313 g/mol. The Morgan fingerprint density at radius 2 is 2.19 bits per heavy atom. The van der Waals surface area contributed by atoms with Crippen LogP contribution in [0.2, 0.25) is 10.2 Å². The highest BCUT2D eigenvalue weighted by Gasteiger charge is 2.26. The summed E-state index contributed by atoms with van der Waals surface area (Å²) in [6.45, 7) is 0.470. The average molecular weight is 324 g/mol. The van der Waals surface area contributed by atoms with Crippen molar-refractivity contribution in [3.05, 3.63) is 45.8 Å². The number of aromatic nitrogens is 2. The number of hydrogen-bond acceptors (Lipinski definition) is 4. The normalized spacial score (nSPS) is 16.3. The summed E-state index contributed by atoms with van der Waals surface area (Å²) in [6, 6.07) is 5.45. The van der Waals surface area contributed by atoms with Gasteiger partial charge in [0, 0.05) is 24.7 Å². The van der Waals surface area contributed by atoms with Crippen LogP contribution in [0.3, 0.4) is 0 Å². The highest BCUT2D eigenvalue weighted by Crippen LogP contribution is 2.31. The third-order valence-corrected chi connectivity index (χ3v) is 3.79. The van der Waals surface area contributed by atoms with Crippen molar-refractivity contribution < 1.29 is 4.79 Å². The maximum Gasteiger partial charge on any atom is 0.268 e. The fourth-order valence-corrected chi connectivity index (χ4v) is 2.50. The Bertz CT molecular complexity index is 711. The van der Waals surface area contributed by atoms with Crippen molar-refractivity contribution in [1.82, 2.24) is 15.3 Å². The van der Waals surface area contributed by atoms with E-state index in [1.807, 2.05) is 12.1 Å². The molecule has 0 atom stereocenters. The van der Waals surface area contributed by atoms with E-state index in [1.54, 1.807) is 12.3 Å². The van der Waals surface area contributed by atoms with E-state index >= 15 is 0 Å². The van der Waals surface area contributed by atoms with E-state index in [-0.39, 0.29) is 11.1 Å². The minimum atomic E-state index is -0.248. The van der Waals surface area contributed by atoms with Crippen molar-refractivity contribution in [2.45, 2.75) is 6.42 Å². The number of H-pyrrole nitrogens is 1. The fourth-order valence-electron chi connectivity index (χ4n) is 2.06. The minimum Gasteiger partial charge on any atom is -0.350 e. The van der Waals surface area contributed by atoms with E-state index in [4.69, 9.17) is 23.2 Å². The Hall–Kier alpha value is -2.05. The van der Waals surface area contributed by atoms with Gasteiger partial charge in [0.1, 0.15) is 16.7 Å². The monoisotopic (exact) mass is 323 g/mol. The second kappa shape index (κ2) is 5.75. The fraction of sp³-hybridized carbons (Fsp3) is 0.154. The Morgan fingerprint density at radius 3 is 2.95 bits per heavy atom. The molecule has 3 N–H and O–H groups in total. The van der Waals surface area contributed by atoms with Crippen molar-refractivity contribution in [1.29, 1.82) is 0 Å². The number of rotatable bonds is 2. The first-order valence-corrected chi connectivity index (χ1v) is 7.01. The van der Waals surface area contributed by atoms with Crippen LogP contribution in [0.1, 0.15) is 22.5 Å². The quantitative estimate of drug-likeness (QED) is 0.743. The molecule has 108 valence electrons. The third kappa shape index (κ3) is 2.72. The summed E-state index contributed by atoms with van der Waals surface area (Å²) in [5.41, 5.74) is 4.35. The van der Waals surface area contributed by atoms with Crippen LogP contribution >= 0.6 is 23.2 Å². The van der Waals surface area contributed by atoms with Gasteiger partial charge in [0.05, 0.1) is 10.7 Å². The summed E-state index contributed by atoms with van der Waals surface area (Å²) in [5.74, 6) is 0.356. The number of hydrazone groups is 1. The molecule has 3 heterocycles. The van der Waals surface area contributed by atoms with Gasteiger partial charge < -0.3 is 10.3 Å². The van der Waals surface area contributed by atoms with Crippen molar-refractivity contribution in [3.8, 4) is 0 Å². The van der Waals surface area contributed by atoms with Crippen LogP contribution in [0, 0.1) is 0 Å². The molecule has 0 fully saturated rings. The number of nitrogens with zero attached hydrogens (tertiary/aromatic N) is 2. The Kier molecular flexibility index (Phi) is 3.81. The Morgan fingerprint density at radius 1 is 1.33 bits per heavy atom. The number of pyridine rings is 1. The van der Waals surface area contributed by atoms with Gasteiger partial charge in [-0.1, -0.05) is 29.3 Å². The highest BCUT2D eigenvalue weighted by atomic mass is 35.5. The van der Waals surface area contributed by atoms with Crippen molar-refractivity contribution in [2.24, 2.45) is 5.10 Å². The van der Waals surface area contributed by atoms with Gasteiger partial charge in [-0.3, -0.25) is 10.2 Å². The van der Waals surface area contributed by atoms with Crippen LogP contribution in [-0.4, -0.2) is 28.1 Å². The van der Waals surface area contributed by atoms with Gasteiger partial charge in [0.2, 0.25) is 0 Å². The first-order valence-electron chi connectivity index (χ1n) is 6.26. The lowest BCUT2D eigenvalue weighted by molar-refractivity contribution is 0.0952. The molecule has 0 spiro atoms. The highest BCUT2D eigenvalue weighted by molar-refractivity contribution is 6.44. The van der Waals surface area contributed by atoms with E-state index in [1.165, 1.54) is 0 Å². The van der Waals surface area contributed by atoms with Crippen molar-refractivity contribution in [3.63, 3.8) is 0 Å². The van der Waals surface area contributed by atoms with Crippen molar-refractivity contribution in [2.75, 3.05) is 12.0 Å². The van der Waals surface area contributed by atoms with Crippen molar-refractivity contribution >= 4 is 40.6 Å². The second-order valence-corrected chi connectivity index (χ2v) is 5.15. The first kappa shape index (κ1) is 13.9. The molecule has 0 radical (unpaired) electrons. The molecule has 0 saturated carbocycles. The Labute approximate surface area is 130 Å². The topological polar surface area (TPSA) is 82.2 Å². The van der Waals surface area contributed by atoms with Crippen LogP contribution in [0.25, 0.3) is 0 Å². The zero-order valence-corrected chi connectivity index (χ0v) is 12.3. The number of aromatic amines is 1. The Balaban J connectivity index is 1.99. The first-order chi connectivity index (χ1) is 10.2. The molecule has 3 rings (SSSR count). The van der Waals surface area contributed by atoms with Gasteiger partial charge in [-0.05, 0) is 12.1 Å². The third-order valence-electron chi connectivity index (χ3n) is 3.03. The van der Waals surface area contributed by atoms with Gasteiger partial charge >= 0.3 is 0 Å². The molecule has 1 amide bonds. The number of nitrogens with one attached hydrogen (secondary N) is 3. The molecular formula is C13H11Cl2N5O. The van der Waals surface area contributed by atoms with Gasteiger partial charge in [0.25, 0.3) is 5.91 Å².